The van der Waals surface area contributed by atoms with Gasteiger partial charge >= 0.3 is 5.97 Å². The van der Waals surface area contributed by atoms with Gasteiger partial charge in [0.15, 0.2) is 5.75 Å². The van der Waals surface area contributed by atoms with Crippen LogP contribution >= 0.6 is 23.2 Å². The number of ether oxygens (including phenoxy) is 3. The molecule has 3 rings (SSSR count). The van der Waals surface area contributed by atoms with Crippen LogP contribution < -0.4 is 9.47 Å². The second kappa shape index (κ2) is 11.3. The maximum Gasteiger partial charge on any atom is 0.339 e. The van der Waals surface area contributed by atoms with Crippen molar-refractivity contribution in [3.8, 4) is 11.5 Å². The van der Waals surface area contributed by atoms with Gasteiger partial charge < -0.3 is 19.3 Å². The fourth-order valence-corrected chi connectivity index (χ4v) is 4.31. The number of benzene rings is 2. The number of methoxy groups -OCH3 is 1. The lowest BCUT2D eigenvalue weighted by Gasteiger charge is -2.22. The van der Waals surface area contributed by atoms with E-state index in [1.807, 2.05) is 6.07 Å². The molecule has 1 N–H and O–H groups in total. The molecule has 166 valence electrons. The van der Waals surface area contributed by atoms with Crippen LogP contribution in [-0.2, 0) is 16.1 Å². The molecule has 0 heterocycles. The third-order valence-corrected chi connectivity index (χ3v) is 5.89. The number of aliphatic carboxylic acids is 1. The second-order valence-corrected chi connectivity index (χ2v) is 8.36. The highest BCUT2D eigenvalue weighted by Gasteiger charge is 2.18. The zero-order valence-electron chi connectivity index (χ0n) is 17.4. The molecule has 0 unspecified atom stereocenters. The molecule has 1 fully saturated rings. The standard InChI is InChI=1S/C24H26Cl2O5/c1-29-15-20(24(27)28)19-10-6-5-9-17(19)14-30-18-11-21(25)23(22(26)12-18)31-13-16-7-3-2-4-8-16/h5-6,9-12,15-16H,2-4,7-8,13-14H2,1H3,(H,27,28). The number of carbonyl (C=O) groups is 1. The highest BCUT2D eigenvalue weighted by molar-refractivity contribution is 6.37. The van der Waals surface area contributed by atoms with E-state index in [9.17, 15) is 9.90 Å². The van der Waals surface area contributed by atoms with Crippen molar-refractivity contribution in [1.82, 2.24) is 0 Å². The van der Waals surface area contributed by atoms with Gasteiger partial charge in [-0.2, -0.15) is 0 Å². The molecule has 0 radical (unpaired) electrons. The van der Waals surface area contributed by atoms with Gasteiger partial charge in [-0.3, -0.25) is 0 Å². The molecule has 2 aromatic rings. The van der Waals surface area contributed by atoms with Crippen molar-refractivity contribution < 1.29 is 24.1 Å². The lowest BCUT2D eigenvalue weighted by Crippen LogP contribution is -2.15. The first kappa shape index (κ1) is 23.3. The van der Waals surface area contributed by atoms with Gasteiger partial charge in [0.25, 0.3) is 0 Å². The Labute approximate surface area is 192 Å². The van der Waals surface area contributed by atoms with Crippen molar-refractivity contribution in [3.05, 3.63) is 63.8 Å². The monoisotopic (exact) mass is 464 g/mol. The molecule has 5 nitrogen and oxygen atoms in total. The van der Waals surface area contributed by atoms with Crippen LogP contribution in [0, 0.1) is 5.92 Å². The van der Waals surface area contributed by atoms with Crippen molar-refractivity contribution >= 4 is 34.7 Å². The molecule has 1 aliphatic carbocycles. The van der Waals surface area contributed by atoms with Gasteiger partial charge in [0.2, 0.25) is 0 Å². The summed E-state index contributed by atoms with van der Waals surface area (Å²) in [5.41, 5.74) is 1.25. The molecule has 0 bridgehead atoms. The zero-order valence-corrected chi connectivity index (χ0v) is 18.9. The Morgan fingerprint density at radius 3 is 2.42 bits per heavy atom. The summed E-state index contributed by atoms with van der Waals surface area (Å²) in [6, 6.07) is 10.4. The molecule has 2 aromatic carbocycles. The summed E-state index contributed by atoms with van der Waals surface area (Å²) in [4.78, 5) is 11.6. The fourth-order valence-electron chi connectivity index (χ4n) is 3.73. The maximum absolute atomic E-state index is 11.6. The Hall–Kier alpha value is -2.37. The Balaban J connectivity index is 1.70. The smallest absolute Gasteiger partial charge is 0.339 e. The van der Waals surface area contributed by atoms with Crippen LogP contribution in [0.15, 0.2) is 42.7 Å². The number of halogens is 2. The third kappa shape index (κ3) is 6.31. The van der Waals surface area contributed by atoms with E-state index >= 15 is 0 Å². The summed E-state index contributed by atoms with van der Waals surface area (Å²) in [6.45, 7) is 0.746. The first-order chi connectivity index (χ1) is 15.0. The number of hydrogen-bond acceptors (Lipinski definition) is 4. The van der Waals surface area contributed by atoms with Crippen molar-refractivity contribution in [2.75, 3.05) is 13.7 Å². The van der Waals surface area contributed by atoms with E-state index in [1.165, 1.54) is 45.5 Å². The SMILES string of the molecule is COC=C(C(=O)O)c1ccccc1COc1cc(Cl)c(OCC2CCCCC2)c(Cl)c1. The number of carboxylic acids is 1. The van der Waals surface area contributed by atoms with Gasteiger partial charge in [0.1, 0.15) is 17.9 Å². The Morgan fingerprint density at radius 1 is 1.10 bits per heavy atom. The minimum atomic E-state index is -1.08. The first-order valence-electron chi connectivity index (χ1n) is 10.3. The van der Waals surface area contributed by atoms with Gasteiger partial charge in [-0.1, -0.05) is 66.7 Å². The van der Waals surface area contributed by atoms with E-state index in [0.717, 1.165) is 0 Å². The Morgan fingerprint density at radius 2 is 1.77 bits per heavy atom. The summed E-state index contributed by atoms with van der Waals surface area (Å²) in [6.07, 6.45) is 7.33. The summed E-state index contributed by atoms with van der Waals surface area (Å²) in [7, 11) is 1.41. The van der Waals surface area contributed by atoms with Crippen LogP contribution in [0.1, 0.15) is 43.2 Å². The van der Waals surface area contributed by atoms with Crippen molar-refractivity contribution in [2.45, 2.75) is 38.7 Å². The van der Waals surface area contributed by atoms with Crippen LogP contribution in [0.25, 0.3) is 5.57 Å². The third-order valence-electron chi connectivity index (χ3n) is 5.33. The average molecular weight is 465 g/mol. The summed E-state index contributed by atoms with van der Waals surface area (Å²) < 4.78 is 16.7. The van der Waals surface area contributed by atoms with Crippen molar-refractivity contribution in [1.29, 1.82) is 0 Å². The van der Waals surface area contributed by atoms with Gasteiger partial charge in [-0.05, 0) is 29.9 Å². The van der Waals surface area contributed by atoms with Gasteiger partial charge in [-0.15, -0.1) is 0 Å². The molecular formula is C24H26Cl2O5. The van der Waals surface area contributed by atoms with E-state index < -0.39 is 5.97 Å². The minimum Gasteiger partial charge on any atom is -0.503 e. The molecule has 0 amide bonds. The van der Waals surface area contributed by atoms with Crippen LogP contribution in [0.2, 0.25) is 10.0 Å². The maximum atomic E-state index is 11.6. The van der Waals surface area contributed by atoms with Crippen LogP contribution in [0.4, 0.5) is 0 Å². The van der Waals surface area contributed by atoms with E-state index in [4.69, 9.17) is 37.4 Å². The predicted molar refractivity (Wildman–Crippen MR) is 122 cm³/mol. The fraction of sp³-hybridized carbons (Fsp3) is 0.375. The molecule has 31 heavy (non-hydrogen) atoms. The highest BCUT2D eigenvalue weighted by Crippen LogP contribution is 2.38. The number of hydrogen-bond donors (Lipinski definition) is 1. The number of carboxylic acid groups (broad SMARTS) is 1. The Bertz CT molecular complexity index is 912. The van der Waals surface area contributed by atoms with Gasteiger partial charge in [0, 0.05) is 12.1 Å². The lowest BCUT2D eigenvalue weighted by atomic mass is 9.90. The summed E-state index contributed by atoms with van der Waals surface area (Å²) >= 11 is 12.8. The molecule has 7 heteroatoms. The molecule has 0 aliphatic heterocycles. The molecule has 0 atom stereocenters. The quantitative estimate of drug-likeness (QED) is 0.334. The van der Waals surface area contributed by atoms with E-state index in [-0.39, 0.29) is 12.2 Å². The highest BCUT2D eigenvalue weighted by atomic mass is 35.5. The molecule has 0 aromatic heterocycles. The van der Waals surface area contributed by atoms with E-state index in [2.05, 4.69) is 0 Å². The van der Waals surface area contributed by atoms with Gasteiger partial charge in [-0.25, -0.2) is 4.79 Å². The molecule has 0 spiro atoms. The normalized spacial score (nSPS) is 14.9. The zero-order chi connectivity index (χ0) is 22.2. The van der Waals surface area contributed by atoms with Crippen molar-refractivity contribution in [3.63, 3.8) is 0 Å². The van der Waals surface area contributed by atoms with Crippen LogP contribution in [-0.4, -0.2) is 24.8 Å². The lowest BCUT2D eigenvalue weighted by molar-refractivity contribution is -0.130. The molecular weight excluding hydrogens is 439 g/mol. The van der Waals surface area contributed by atoms with Crippen LogP contribution in [0.3, 0.4) is 0 Å². The van der Waals surface area contributed by atoms with E-state index in [0.29, 0.717) is 45.2 Å². The topological polar surface area (TPSA) is 65.0 Å². The number of rotatable bonds is 9. The summed E-state index contributed by atoms with van der Waals surface area (Å²) in [5.74, 6) is 0.400. The predicted octanol–water partition coefficient (Wildman–Crippen LogP) is 6.60. The molecule has 0 saturated heterocycles. The second-order valence-electron chi connectivity index (χ2n) is 7.55. The largest absolute Gasteiger partial charge is 0.503 e. The minimum absolute atomic E-state index is 0.0456. The first-order valence-corrected chi connectivity index (χ1v) is 11.0. The molecule has 1 saturated carbocycles. The average Bonchev–Trinajstić information content (AvgIpc) is 2.76. The molecule has 1 aliphatic rings. The Kier molecular flexibility index (Phi) is 8.50. The van der Waals surface area contributed by atoms with Crippen molar-refractivity contribution in [2.24, 2.45) is 5.92 Å². The van der Waals surface area contributed by atoms with Crippen LogP contribution in [0.5, 0.6) is 11.5 Å². The van der Waals surface area contributed by atoms with E-state index in [1.54, 1.807) is 30.3 Å². The van der Waals surface area contributed by atoms with Gasteiger partial charge in [0.05, 0.1) is 30.0 Å². The summed E-state index contributed by atoms with van der Waals surface area (Å²) in [5, 5.41) is 10.2.